The minimum Gasteiger partial charge on any atom is -0.347 e. The van der Waals surface area contributed by atoms with Crippen LogP contribution < -0.4 is 15.5 Å². The van der Waals surface area contributed by atoms with Crippen LogP contribution in [0.4, 0.5) is 18.9 Å². The first kappa shape index (κ1) is 19.0. The summed E-state index contributed by atoms with van der Waals surface area (Å²) in [6.45, 7) is -1.95. The van der Waals surface area contributed by atoms with E-state index in [0.29, 0.717) is 10.7 Å². The van der Waals surface area contributed by atoms with E-state index in [0.717, 1.165) is 0 Å². The molecule has 6 nitrogen and oxygen atoms in total. The number of carbonyl (C=O) groups excluding carboxylic acids is 3. The summed E-state index contributed by atoms with van der Waals surface area (Å²) in [5, 5.41) is 4.33. The van der Waals surface area contributed by atoms with E-state index in [1.54, 1.807) is 29.6 Å². The second kappa shape index (κ2) is 7.73. The zero-order chi connectivity index (χ0) is 18.6. The van der Waals surface area contributed by atoms with Crippen molar-refractivity contribution in [1.29, 1.82) is 0 Å². The molecule has 10 heteroatoms. The van der Waals surface area contributed by atoms with Crippen LogP contribution in [0.15, 0.2) is 24.3 Å². The summed E-state index contributed by atoms with van der Waals surface area (Å²) in [6.07, 6.45) is -4.57. The van der Waals surface area contributed by atoms with Crippen LogP contribution in [0.2, 0.25) is 5.02 Å². The summed E-state index contributed by atoms with van der Waals surface area (Å²) < 4.78 is 35.9. The van der Waals surface area contributed by atoms with Crippen LogP contribution >= 0.6 is 11.6 Å². The average Bonchev–Trinajstić information content (AvgIpc) is 2.92. The van der Waals surface area contributed by atoms with Crippen molar-refractivity contribution < 1.29 is 27.6 Å². The Morgan fingerprint density at radius 2 is 2.00 bits per heavy atom. The summed E-state index contributed by atoms with van der Waals surface area (Å²) in [4.78, 5) is 36.8. The van der Waals surface area contributed by atoms with E-state index in [1.165, 1.54) is 4.90 Å². The molecule has 1 aromatic carbocycles. The minimum absolute atomic E-state index is 0.0531. The Kier molecular flexibility index (Phi) is 5.89. The van der Waals surface area contributed by atoms with Crippen molar-refractivity contribution in [3.05, 3.63) is 29.3 Å². The van der Waals surface area contributed by atoms with E-state index in [-0.39, 0.29) is 18.9 Å². The highest BCUT2D eigenvalue weighted by Gasteiger charge is 2.35. The second-order valence-corrected chi connectivity index (χ2v) is 5.93. The monoisotopic (exact) mass is 377 g/mol. The maximum atomic E-state index is 12.1. The lowest BCUT2D eigenvalue weighted by Gasteiger charge is -2.17. The molecular formula is C15H15ClF3N3O3. The van der Waals surface area contributed by atoms with Gasteiger partial charge in [-0.15, -0.1) is 0 Å². The molecule has 1 aliphatic heterocycles. The fourth-order valence-corrected chi connectivity index (χ4v) is 2.53. The van der Waals surface area contributed by atoms with E-state index < -0.39 is 37.0 Å². The molecule has 0 aliphatic carbocycles. The molecule has 0 spiro atoms. The summed E-state index contributed by atoms with van der Waals surface area (Å²) in [5.74, 6) is -2.49. The number of nitrogens with zero attached hydrogens (tertiary/aromatic N) is 1. The molecule has 0 radical (unpaired) electrons. The number of nitrogens with one attached hydrogen (secondary N) is 2. The standard InChI is InChI=1S/C15H15ClF3N3O3/c16-10-2-1-3-11(5-10)22-7-9(4-13(22)24)14(25)20-6-12(23)21-8-15(17,18)19/h1-3,5,9H,4,6-8H2,(H,20,25)(H,21,23). The topological polar surface area (TPSA) is 78.5 Å². The van der Waals surface area contributed by atoms with Crippen LogP contribution in [0.3, 0.4) is 0 Å². The van der Waals surface area contributed by atoms with Gasteiger partial charge in [0.05, 0.1) is 12.5 Å². The third-order valence-electron chi connectivity index (χ3n) is 3.52. The van der Waals surface area contributed by atoms with Crippen LogP contribution in [0.1, 0.15) is 6.42 Å². The Morgan fingerprint density at radius 1 is 1.28 bits per heavy atom. The highest BCUT2D eigenvalue weighted by atomic mass is 35.5. The van der Waals surface area contributed by atoms with E-state index in [9.17, 15) is 27.6 Å². The van der Waals surface area contributed by atoms with Crippen LogP contribution in [-0.4, -0.2) is 43.5 Å². The summed E-state index contributed by atoms with van der Waals surface area (Å²) in [7, 11) is 0. The summed E-state index contributed by atoms with van der Waals surface area (Å²) in [5.41, 5.74) is 0.552. The zero-order valence-corrected chi connectivity index (χ0v) is 13.7. The fourth-order valence-electron chi connectivity index (χ4n) is 2.35. The Hall–Kier alpha value is -2.29. The molecule has 1 atom stereocenters. The molecule has 1 aromatic rings. The molecule has 136 valence electrons. The van der Waals surface area contributed by atoms with Crippen LogP contribution in [0.5, 0.6) is 0 Å². The van der Waals surface area contributed by atoms with Crippen molar-refractivity contribution in [2.75, 3.05) is 24.5 Å². The van der Waals surface area contributed by atoms with E-state index in [4.69, 9.17) is 11.6 Å². The van der Waals surface area contributed by atoms with Gasteiger partial charge >= 0.3 is 6.18 Å². The van der Waals surface area contributed by atoms with Gasteiger partial charge in [-0.25, -0.2) is 0 Å². The molecule has 2 N–H and O–H groups in total. The SMILES string of the molecule is O=C(CNC(=O)C1CC(=O)N(c2cccc(Cl)c2)C1)NCC(F)(F)F. The Balaban J connectivity index is 1.85. The summed E-state index contributed by atoms with van der Waals surface area (Å²) >= 11 is 5.87. The first-order chi connectivity index (χ1) is 11.7. The number of hydrogen-bond acceptors (Lipinski definition) is 3. The van der Waals surface area contributed by atoms with Crippen LogP contribution in [0, 0.1) is 5.92 Å². The molecule has 1 fully saturated rings. The highest BCUT2D eigenvalue weighted by molar-refractivity contribution is 6.31. The van der Waals surface area contributed by atoms with Crippen molar-refractivity contribution >= 4 is 35.0 Å². The first-order valence-corrected chi connectivity index (χ1v) is 7.70. The van der Waals surface area contributed by atoms with Gasteiger partial charge in [-0.3, -0.25) is 14.4 Å². The van der Waals surface area contributed by atoms with Crippen molar-refractivity contribution in [2.24, 2.45) is 5.92 Å². The molecule has 3 amide bonds. The lowest BCUT2D eigenvalue weighted by molar-refractivity contribution is -0.138. The van der Waals surface area contributed by atoms with Crippen molar-refractivity contribution in [3.8, 4) is 0 Å². The lowest BCUT2D eigenvalue weighted by Crippen LogP contribution is -2.42. The van der Waals surface area contributed by atoms with E-state index in [1.807, 2.05) is 0 Å². The van der Waals surface area contributed by atoms with Gasteiger partial charge in [-0.1, -0.05) is 17.7 Å². The van der Waals surface area contributed by atoms with Gasteiger partial charge in [0.15, 0.2) is 0 Å². The number of halogens is 4. The molecule has 25 heavy (non-hydrogen) atoms. The van der Waals surface area contributed by atoms with Crippen LogP contribution in [0.25, 0.3) is 0 Å². The highest BCUT2D eigenvalue weighted by Crippen LogP contribution is 2.27. The quantitative estimate of drug-likeness (QED) is 0.816. The Morgan fingerprint density at radius 3 is 2.64 bits per heavy atom. The number of benzene rings is 1. The normalized spacial score (nSPS) is 17.5. The predicted octanol–water partition coefficient (Wildman–Crippen LogP) is 1.49. The maximum absolute atomic E-state index is 12.1. The second-order valence-electron chi connectivity index (χ2n) is 5.49. The van der Waals surface area contributed by atoms with Gasteiger partial charge in [0.2, 0.25) is 17.7 Å². The predicted molar refractivity (Wildman–Crippen MR) is 84.0 cm³/mol. The molecule has 0 saturated carbocycles. The first-order valence-electron chi connectivity index (χ1n) is 7.33. The number of carbonyl (C=O) groups is 3. The molecular weight excluding hydrogens is 363 g/mol. The van der Waals surface area contributed by atoms with Gasteiger partial charge in [-0.2, -0.15) is 13.2 Å². The molecule has 2 rings (SSSR count). The van der Waals surface area contributed by atoms with E-state index >= 15 is 0 Å². The molecule has 1 heterocycles. The number of amides is 3. The number of rotatable bonds is 5. The average molecular weight is 378 g/mol. The van der Waals surface area contributed by atoms with Gasteiger partial charge < -0.3 is 15.5 Å². The van der Waals surface area contributed by atoms with Gasteiger partial charge in [0.1, 0.15) is 6.54 Å². The number of alkyl halides is 3. The summed E-state index contributed by atoms with van der Waals surface area (Å²) in [6, 6.07) is 6.58. The van der Waals surface area contributed by atoms with E-state index in [2.05, 4.69) is 5.32 Å². The maximum Gasteiger partial charge on any atom is 0.405 e. The van der Waals surface area contributed by atoms with Gasteiger partial charge in [-0.05, 0) is 18.2 Å². The smallest absolute Gasteiger partial charge is 0.347 e. The third-order valence-corrected chi connectivity index (χ3v) is 3.76. The van der Waals surface area contributed by atoms with Crippen molar-refractivity contribution in [3.63, 3.8) is 0 Å². The minimum atomic E-state index is -4.52. The molecule has 0 aromatic heterocycles. The zero-order valence-electron chi connectivity index (χ0n) is 12.9. The van der Waals surface area contributed by atoms with Crippen LogP contribution in [-0.2, 0) is 14.4 Å². The molecule has 0 bridgehead atoms. The van der Waals surface area contributed by atoms with Crippen molar-refractivity contribution in [1.82, 2.24) is 10.6 Å². The van der Waals surface area contributed by atoms with Gasteiger partial charge in [0, 0.05) is 23.7 Å². The third kappa shape index (κ3) is 5.63. The fraction of sp³-hybridized carbons (Fsp3) is 0.400. The molecule has 1 aliphatic rings. The number of anilines is 1. The van der Waals surface area contributed by atoms with Crippen molar-refractivity contribution in [2.45, 2.75) is 12.6 Å². The largest absolute Gasteiger partial charge is 0.405 e. The lowest BCUT2D eigenvalue weighted by atomic mass is 10.1. The number of hydrogen-bond donors (Lipinski definition) is 2. The Labute approximate surface area is 146 Å². The molecule has 1 unspecified atom stereocenters. The van der Waals surface area contributed by atoms with Gasteiger partial charge in [0.25, 0.3) is 0 Å². The Bertz CT molecular complexity index is 681. The molecule has 1 saturated heterocycles.